The number of amides is 1. The first-order valence-corrected chi connectivity index (χ1v) is 7.30. The molecule has 3 N–H and O–H groups in total. The molecule has 2 aromatic rings. The Hall–Kier alpha value is -1.53. The molecule has 0 radical (unpaired) electrons. The van der Waals surface area contributed by atoms with Crippen molar-refractivity contribution in [2.45, 2.75) is 0 Å². The first-order valence-electron chi connectivity index (χ1n) is 5.71. The Kier molecular flexibility index (Phi) is 4.67. The number of carbonyl (C=O) groups excluding carboxylic acids is 1. The Balaban J connectivity index is 2.27. The van der Waals surface area contributed by atoms with Crippen LogP contribution < -0.4 is 15.8 Å². The third-order valence-electron chi connectivity index (χ3n) is 2.67. The number of nitrogen functional groups attached to an aromatic ring is 1. The summed E-state index contributed by atoms with van der Waals surface area (Å²) in [5.74, 6) is 0.359. The maximum Gasteiger partial charge on any atom is 0.255 e. The summed E-state index contributed by atoms with van der Waals surface area (Å²) in [6, 6.07) is 10.4. The normalized spacial score (nSPS) is 10.2. The highest BCUT2D eigenvalue weighted by atomic mass is 79.9. The highest BCUT2D eigenvalue weighted by Gasteiger charge is 2.11. The van der Waals surface area contributed by atoms with Crippen molar-refractivity contribution in [3.8, 4) is 5.75 Å². The fourth-order valence-corrected chi connectivity index (χ4v) is 2.38. The first kappa shape index (κ1) is 14.9. The van der Waals surface area contributed by atoms with Crippen LogP contribution in [0, 0.1) is 0 Å². The van der Waals surface area contributed by atoms with E-state index in [0.29, 0.717) is 27.2 Å². The molecule has 0 aromatic heterocycles. The van der Waals surface area contributed by atoms with Gasteiger partial charge in [0.1, 0.15) is 5.75 Å². The molecule has 2 rings (SSSR count). The number of benzene rings is 2. The van der Waals surface area contributed by atoms with Crippen LogP contribution in [0.3, 0.4) is 0 Å². The monoisotopic (exact) mass is 398 g/mol. The number of carbonyl (C=O) groups is 1. The van der Waals surface area contributed by atoms with Crippen molar-refractivity contribution in [3.63, 3.8) is 0 Å². The molecule has 0 saturated carbocycles. The second-order valence-corrected chi connectivity index (χ2v) is 5.81. The first-order chi connectivity index (χ1) is 9.51. The molecule has 0 fully saturated rings. The van der Waals surface area contributed by atoms with Crippen LogP contribution in [0.1, 0.15) is 10.4 Å². The van der Waals surface area contributed by atoms with Crippen LogP contribution in [0.15, 0.2) is 45.3 Å². The number of anilines is 2. The summed E-state index contributed by atoms with van der Waals surface area (Å²) in [4.78, 5) is 12.2. The third-order valence-corrected chi connectivity index (χ3v) is 3.85. The lowest BCUT2D eigenvalue weighted by atomic mass is 10.2. The van der Waals surface area contributed by atoms with Gasteiger partial charge in [0.2, 0.25) is 0 Å². The fourth-order valence-electron chi connectivity index (χ4n) is 1.64. The molecule has 0 aliphatic heterocycles. The molecule has 2 aromatic carbocycles. The minimum absolute atomic E-state index is 0.234. The molecule has 104 valence electrons. The van der Waals surface area contributed by atoms with Crippen LogP contribution in [0.25, 0.3) is 0 Å². The molecular formula is C14H12Br2N2O2. The Morgan fingerprint density at radius 3 is 2.60 bits per heavy atom. The number of rotatable bonds is 3. The fraction of sp³-hybridized carbons (Fsp3) is 0.0714. The van der Waals surface area contributed by atoms with E-state index in [0.717, 1.165) is 4.47 Å². The van der Waals surface area contributed by atoms with E-state index in [2.05, 4.69) is 37.2 Å². The Morgan fingerprint density at radius 1 is 1.20 bits per heavy atom. The van der Waals surface area contributed by atoms with Gasteiger partial charge in [0.25, 0.3) is 5.91 Å². The lowest BCUT2D eigenvalue weighted by Crippen LogP contribution is -2.12. The van der Waals surface area contributed by atoms with Gasteiger partial charge < -0.3 is 15.8 Å². The second-order valence-electron chi connectivity index (χ2n) is 4.04. The van der Waals surface area contributed by atoms with Crippen molar-refractivity contribution >= 4 is 49.1 Å². The van der Waals surface area contributed by atoms with Gasteiger partial charge in [0.15, 0.2) is 0 Å². The summed E-state index contributed by atoms with van der Waals surface area (Å²) in [5.41, 5.74) is 7.39. The molecule has 0 unspecified atom stereocenters. The molecule has 0 saturated heterocycles. The molecule has 0 spiro atoms. The minimum atomic E-state index is -0.234. The van der Waals surface area contributed by atoms with Crippen LogP contribution in [-0.4, -0.2) is 13.0 Å². The molecule has 0 heterocycles. The summed E-state index contributed by atoms with van der Waals surface area (Å²) in [5, 5.41) is 2.81. The quantitative estimate of drug-likeness (QED) is 0.765. The molecule has 6 heteroatoms. The third kappa shape index (κ3) is 3.32. The van der Waals surface area contributed by atoms with Crippen LogP contribution in [0.2, 0.25) is 0 Å². The molecule has 0 aliphatic carbocycles. The number of nitrogens with one attached hydrogen (secondary N) is 1. The van der Waals surface area contributed by atoms with Crippen molar-refractivity contribution in [1.29, 1.82) is 0 Å². The standard InChI is InChI=1S/C14H12Br2N2O2/c1-20-13-5-3-9(15)7-12(13)18-14(19)8-2-4-11(17)10(16)6-8/h2-7H,17H2,1H3,(H,18,19). The zero-order valence-electron chi connectivity index (χ0n) is 10.6. The van der Waals surface area contributed by atoms with Gasteiger partial charge in [0.05, 0.1) is 12.8 Å². The van der Waals surface area contributed by atoms with Gasteiger partial charge >= 0.3 is 0 Å². The smallest absolute Gasteiger partial charge is 0.255 e. The average molecular weight is 400 g/mol. The van der Waals surface area contributed by atoms with E-state index in [1.807, 2.05) is 6.07 Å². The molecule has 4 nitrogen and oxygen atoms in total. The van der Waals surface area contributed by atoms with E-state index in [-0.39, 0.29) is 5.91 Å². The lowest BCUT2D eigenvalue weighted by Gasteiger charge is -2.11. The van der Waals surface area contributed by atoms with E-state index in [1.165, 1.54) is 0 Å². The number of nitrogens with two attached hydrogens (primary N) is 1. The average Bonchev–Trinajstić information content (AvgIpc) is 2.42. The topological polar surface area (TPSA) is 64.3 Å². The molecule has 0 atom stereocenters. The maximum atomic E-state index is 12.2. The van der Waals surface area contributed by atoms with E-state index in [4.69, 9.17) is 10.5 Å². The highest BCUT2D eigenvalue weighted by Crippen LogP contribution is 2.29. The van der Waals surface area contributed by atoms with Gasteiger partial charge in [-0.3, -0.25) is 4.79 Å². The second kappa shape index (κ2) is 6.28. The van der Waals surface area contributed by atoms with Crippen LogP contribution >= 0.6 is 31.9 Å². The van der Waals surface area contributed by atoms with E-state index in [9.17, 15) is 4.79 Å². The zero-order valence-corrected chi connectivity index (χ0v) is 13.8. The number of halogens is 2. The van der Waals surface area contributed by atoms with Crippen LogP contribution in [-0.2, 0) is 0 Å². The highest BCUT2D eigenvalue weighted by molar-refractivity contribution is 9.10. The number of ether oxygens (including phenoxy) is 1. The number of hydrogen-bond acceptors (Lipinski definition) is 3. The van der Waals surface area contributed by atoms with Gasteiger partial charge in [-0.2, -0.15) is 0 Å². The maximum absolute atomic E-state index is 12.2. The largest absolute Gasteiger partial charge is 0.495 e. The van der Waals surface area contributed by atoms with Crippen molar-refractivity contribution in [3.05, 3.63) is 50.9 Å². The molecule has 0 aliphatic rings. The van der Waals surface area contributed by atoms with Crippen LogP contribution in [0.4, 0.5) is 11.4 Å². The predicted octanol–water partition coefficient (Wildman–Crippen LogP) is 4.05. The van der Waals surface area contributed by atoms with Crippen molar-refractivity contribution in [2.24, 2.45) is 0 Å². The SMILES string of the molecule is COc1ccc(Br)cc1NC(=O)c1ccc(N)c(Br)c1. The van der Waals surface area contributed by atoms with Crippen molar-refractivity contribution in [1.82, 2.24) is 0 Å². The molecule has 1 amide bonds. The van der Waals surface area contributed by atoms with Gasteiger partial charge in [-0.1, -0.05) is 15.9 Å². The predicted molar refractivity (Wildman–Crippen MR) is 87.2 cm³/mol. The Morgan fingerprint density at radius 2 is 1.95 bits per heavy atom. The van der Waals surface area contributed by atoms with Gasteiger partial charge in [-0.25, -0.2) is 0 Å². The van der Waals surface area contributed by atoms with E-state index >= 15 is 0 Å². The Bertz CT molecular complexity index is 660. The molecule has 20 heavy (non-hydrogen) atoms. The summed E-state index contributed by atoms with van der Waals surface area (Å²) >= 11 is 6.66. The van der Waals surface area contributed by atoms with Gasteiger partial charge in [-0.05, 0) is 52.3 Å². The molecular weight excluding hydrogens is 388 g/mol. The summed E-state index contributed by atoms with van der Waals surface area (Å²) in [6.07, 6.45) is 0. The number of hydrogen-bond donors (Lipinski definition) is 2. The van der Waals surface area contributed by atoms with Crippen molar-refractivity contribution < 1.29 is 9.53 Å². The van der Waals surface area contributed by atoms with Crippen molar-refractivity contribution in [2.75, 3.05) is 18.2 Å². The van der Waals surface area contributed by atoms with E-state index in [1.54, 1.807) is 37.4 Å². The summed E-state index contributed by atoms with van der Waals surface area (Å²) in [6.45, 7) is 0. The summed E-state index contributed by atoms with van der Waals surface area (Å²) < 4.78 is 6.76. The number of methoxy groups -OCH3 is 1. The zero-order chi connectivity index (χ0) is 14.7. The van der Waals surface area contributed by atoms with E-state index < -0.39 is 0 Å². The lowest BCUT2D eigenvalue weighted by molar-refractivity contribution is 0.102. The summed E-state index contributed by atoms with van der Waals surface area (Å²) in [7, 11) is 1.55. The minimum Gasteiger partial charge on any atom is -0.495 e. The van der Waals surface area contributed by atoms with Gasteiger partial charge in [0, 0.05) is 20.2 Å². The van der Waals surface area contributed by atoms with Crippen LogP contribution in [0.5, 0.6) is 5.75 Å². The Labute approximate surface area is 133 Å². The van der Waals surface area contributed by atoms with Gasteiger partial charge in [-0.15, -0.1) is 0 Å². The molecule has 0 bridgehead atoms.